The molecule has 36 heavy (non-hydrogen) atoms. The van der Waals surface area contributed by atoms with Gasteiger partial charge in [-0.2, -0.15) is 0 Å². The fourth-order valence-electron chi connectivity index (χ4n) is 4.76. The van der Waals surface area contributed by atoms with Crippen LogP contribution in [-0.2, 0) is 9.53 Å². The van der Waals surface area contributed by atoms with Crippen molar-refractivity contribution < 1.29 is 9.53 Å². The minimum absolute atomic E-state index is 0.00578. The van der Waals surface area contributed by atoms with Gasteiger partial charge in [0.2, 0.25) is 0 Å². The Labute approximate surface area is 214 Å². The van der Waals surface area contributed by atoms with Crippen LogP contribution in [-0.4, -0.2) is 29.2 Å². The zero-order valence-electron chi connectivity index (χ0n) is 22.6. The Hall–Kier alpha value is -3.25. The SMILES string of the molecule is COC(=O)C[C@@H](NC[C@@H](CC(C)C)n1cc(C)c(C)cc1=O)c1cncc(-c2c(C)cccc2C)c1. The number of aromatic nitrogens is 2. The highest BCUT2D eigenvalue weighted by Crippen LogP contribution is 2.29. The number of rotatable bonds is 10. The Morgan fingerprint density at radius 2 is 1.72 bits per heavy atom. The average Bonchev–Trinajstić information content (AvgIpc) is 2.83. The predicted octanol–water partition coefficient (Wildman–Crippen LogP) is 5.63. The van der Waals surface area contributed by atoms with Crippen molar-refractivity contribution in [3.8, 4) is 11.1 Å². The van der Waals surface area contributed by atoms with Gasteiger partial charge in [-0.3, -0.25) is 14.6 Å². The quantitative estimate of drug-likeness (QED) is 0.374. The maximum Gasteiger partial charge on any atom is 0.307 e. The van der Waals surface area contributed by atoms with Crippen molar-refractivity contribution in [1.82, 2.24) is 14.9 Å². The first-order valence-corrected chi connectivity index (χ1v) is 12.6. The topological polar surface area (TPSA) is 73.2 Å². The maximum absolute atomic E-state index is 12.9. The van der Waals surface area contributed by atoms with Crippen molar-refractivity contribution in [2.45, 2.75) is 66.5 Å². The van der Waals surface area contributed by atoms with Gasteiger partial charge in [-0.05, 0) is 79.5 Å². The molecule has 6 heteroatoms. The molecule has 3 rings (SSSR count). The summed E-state index contributed by atoms with van der Waals surface area (Å²) in [6.45, 7) is 13.0. The molecule has 0 aliphatic rings. The lowest BCUT2D eigenvalue weighted by atomic mass is 9.94. The van der Waals surface area contributed by atoms with Crippen LogP contribution in [0.15, 0.2) is 53.7 Å². The second-order valence-electron chi connectivity index (χ2n) is 10.2. The average molecular weight is 490 g/mol. The van der Waals surface area contributed by atoms with Crippen molar-refractivity contribution in [3.05, 3.63) is 87.1 Å². The summed E-state index contributed by atoms with van der Waals surface area (Å²) < 4.78 is 6.83. The number of benzene rings is 1. The first-order chi connectivity index (χ1) is 17.1. The minimum Gasteiger partial charge on any atom is -0.469 e. The Bertz CT molecular complexity index is 1240. The number of hydrogen-bond acceptors (Lipinski definition) is 5. The van der Waals surface area contributed by atoms with Crippen molar-refractivity contribution in [2.24, 2.45) is 5.92 Å². The number of esters is 1. The largest absolute Gasteiger partial charge is 0.469 e. The second-order valence-corrected chi connectivity index (χ2v) is 10.2. The van der Waals surface area contributed by atoms with E-state index in [1.807, 2.05) is 30.8 Å². The first kappa shape index (κ1) is 27.3. The molecule has 1 N–H and O–H groups in total. The molecule has 0 amide bonds. The van der Waals surface area contributed by atoms with Crippen molar-refractivity contribution in [3.63, 3.8) is 0 Å². The summed E-state index contributed by atoms with van der Waals surface area (Å²) in [6.07, 6.45) is 6.62. The number of ether oxygens (including phenoxy) is 1. The summed E-state index contributed by atoms with van der Waals surface area (Å²) in [7, 11) is 1.40. The third-order valence-corrected chi connectivity index (χ3v) is 6.82. The van der Waals surface area contributed by atoms with E-state index in [1.54, 1.807) is 12.3 Å². The summed E-state index contributed by atoms with van der Waals surface area (Å²) in [5.41, 5.74) is 7.51. The number of nitrogens with one attached hydrogen (secondary N) is 1. The van der Waals surface area contributed by atoms with Crippen LogP contribution in [0.1, 0.15) is 66.6 Å². The van der Waals surface area contributed by atoms with E-state index in [0.29, 0.717) is 12.5 Å². The van der Waals surface area contributed by atoms with Crippen LogP contribution in [0.2, 0.25) is 0 Å². The van der Waals surface area contributed by atoms with Crippen molar-refractivity contribution in [1.29, 1.82) is 0 Å². The lowest BCUT2D eigenvalue weighted by Gasteiger charge is -2.26. The molecule has 1 aromatic carbocycles. The molecule has 0 bridgehead atoms. The van der Waals surface area contributed by atoms with Gasteiger partial charge < -0.3 is 14.6 Å². The molecule has 192 valence electrons. The standard InChI is InChI=1S/C30H39N3O3/c1-19(2)11-26(33-18-23(6)22(5)12-28(33)34)17-32-27(14-29(35)36-7)24-13-25(16-31-15-24)30-20(3)9-8-10-21(30)4/h8-10,12-13,15-16,18-19,26-27,32H,11,14,17H2,1-7H3/t26-,27-/m1/s1. The van der Waals surface area contributed by atoms with Gasteiger partial charge in [-0.25, -0.2) is 0 Å². The van der Waals surface area contributed by atoms with Crippen molar-refractivity contribution >= 4 is 5.97 Å². The Kier molecular flexibility index (Phi) is 9.21. The number of pyridine rings is 2. The number of methoxy groups -OCH3 is 1. The Morgan fingerprint density at radius 3 is 2.36 bits per heavy atom. The van der Waals surface area contributed by atoms with Crippen LogP contribution in [0.25, 0.3) is 11.1 Å². The molecule has 0 saturated carbocycles. The molecule has 0 aliphatic carbocycles. The van der Waals surface area contributed by atoms with E-state index in [4.69, 9.17) is 4.74 Å². The van der Waals surface area contributed by atoms with Gasteiger partial charge in [0.25, 0.3) is 5.56 Å². The molecule has 2 heterocycles. The zero-order valence-corrected chi connectivity index (χ0v) is 22.6. The van der Waals surface area contributed by atoms with E-state index in [1.165, 1.54) is 18.2 Å². The molecule has 0 aliphatic heterocycles. The molecule has 0 unspecified atom stereocenters. The number of hydrogen-bond donors (Lipinski definition) is 1. The van der Waals surface area contributed by atoms with Gasteiger partial charge in [0.1, 0.15) is 0 Å². The summed E-state index contributed by atoms with van der Waals surface area (Å²) in [5, 5.41) is 3.57. The highest BCUT2D eigenvalue weighted by Gasteiger charge is 2.22. The molecule has 0 spiro atoms. The first-order valence-electron chi connectivity index (χ1n) is 12.6. The molecule has 0 radical (unpaired) electrons. The third-order valence-electron chi connectivity index (χ3n) is 6.82. The lowest BCUT2D eigenvalue weighted by Crippen LogP contribution is -2.35. The van der Waals surface area contributed by atoms with E-state index in [-0.39, 0.29) is 30.0 Å². The summed E-state index contributed by atoms with van der Waals surface area (Å²) in [6, 6.07) is 9.69. The molecule has 2 atom stereocenters. The Morgan fingerprint density at radius 1 is 1.03 bits per heavy atom. The highest BCUT2D eigenvalue weighted by molar-refractivity contribution is 5.72. The van der Waals surface area contributed by atoms with Gasteiger partial charge in [0.05, 0.1) is 13.5 Å². The number of aryl methyl sites for hydroxylation is 4. The number of nitrogens with zero attached hydrogens (tertiary/aromatic N) is 2. The molecular formula is C30H39N3O3. The van der Waals surface area contributed by atoms with E-state index in [0.717, 1.165) is 34.2 Å². The Balaban J connectivity index is 1.95. The maximum atomic E-state index is 12.9. The summed E-state index contributed by atoms with van der Waals surface area (Å²) in [4.78, 5) is 29.7. The van der Waals surface area contributed by atoms with Crippen molar-refractivity contribution in [2.75, 3.05) is 13.7 Å². The van der Waals surface area contributed by atoms with Crippen LogP contribution in [0.3, 0.4) is 0 Å². The van der Waals surface area contributed by atoms with Gasteiger partial charge in [-0.1, -0.05) is 32.0 Å². The van der Waals surface area contributed by atoms with Crippen LogP contribution in [0.4, 0.5) is 0 Å². The lowest BCUT2D eigenvalue weighted by molar-refractivity contribution is -0.141. The third kappa shape index (κ3) is 6.70. The van der Waals surface area contributed by atoms with E-state index in [9.17, 15) is 9.59 Å². The fraction of sp³-hybridized carbons (Fsp3) is 0.433. The molecule has 2 aromatic heterocycles. The van der Waals surface area contributed by atoms with Crippen LogP contribution in [0, 0.1) is 33.6 Å². The van der Waals surface area contributed by atoms with Gasteiger partial charge in [-0.15, -0.1) is 0 Å². The van der Waals surface area contributed by atoms with Gasteiger partial charge in [0, 0.05) is 48.8 Å². The van der Waals surface area contributed by atoms with Gasteiger partial charge in [0.15, 0.2) is 0 Å². The second kappa shape index (κ2) is 12.1. The van der Waals surface area contributed by atoms with Crippen LogP contribution < -0.4 is 10.9 Å². The monoisotopic (exact) mass is 489 g/mol. The van der Waals surface area contributed by atoms with Crippen LogP contribution >= 0.6 is 0 Å². The molecule has 0 saturated heterocycles. The van der Waals surface area contributed by atoms with Crippen LogP contribution in [0.5, 0.6) is 0 Å². The summed E-state index contributed by atoms with van der Waals surface area (Å²) >= 11 is 0. The smallest absolute Gasteiger partial charge is 0.307 e. The number of carbonyl (C=O) groups excluding carboxylic acids is 1. The highest BCUT2D eigenvalue weighted by atomic mass is 16.5. The summed E-state index contributed by atoms with van der Waals surface area (Å²) in [5.74, 6) is 0.104. The molecule has 6 nitrogen and oxygen atoms in total. The van der Waals surface area contributed by atoms with E-state index >= 15 is 0 Å². The number of carbonyl (C=O) groups is 1. The minimum atomic E-state index is -0.300. The fourth-order valence-corrected chi connectivity index (χ4v) is 4.76. The van der Waals surface area contributed by atoms with Gasteiger partial charge >= 0.3 is 5.97 Å². The zero-order chi connectivity index (χ0) is 26.4. The predicted molar refractivity (Wildman–Crippen MR) is 145 cm³/mol. The molecular weight excluding hydrogens is 450 g/mol. The molecule has 0 fully saturated rings. The molecule has 3 aromatic rings. The normalized spacial score (nSPS) is 13.0. The van der Waals surface area contributed by atoms with E-state index < -0.39 is 0 Å². The van der Waals surface area contributed by atoms with E-state index in [2.05, 4.69) is 62.3 Å².